The van der Waals surface area contributed by atoms with Crippen molar-refractivity contribution < 1.29 is 39.5 Å². The maximum atomic E-state index is 13.7. The van der Waals surface area contributed by atoms with Crippen molar-refractivity contribution in [3.05, 3.63) is 83.6 Å². The molecule has 1 saturated carbocycles. The van der Waals surface area contributed by atoms with Crippen molar-refractivity contribution in [1.82, 2.24) is 16.0 Å². The minimum atomic E-state index is -1.58. The van der Waals surface area contributed by atoms with E-state index in [0.29, 0.717) is 12.2 Å². The Morgan fingerprint density at radius 3 is 2.30 bits per heavy atom. The third-order valence-corrected chi connectivity index (χ3v) is 9.93. The summed E-state index contributed by atoms with van der Waals surface area (Å²) in [6.07, 6.45) is 3.68. The Morgan fingerprint density at radius 1 is 0.860 bits per heavy atom. The van der Waals surface area contributed by atoms with Crippen LogP contribution in [0.25, 0.3) is 16.8 Å². The van der Waals surface area contributed by atoms with E-state index in [4.69, 9.17) is 4.74 Å². The first-order chi connectivity index (χ1) is 24.1. The topological polar surface area (TPSA) is 177 Å². The molecule has 11 nitrogen and oxygen atoms in total. The second-order valence-corrected chi connectivity index (χ2v) is 13.8. The number of hydrogen-bond donors (Lipinski definition) is 7. The number of carbonyl (C=O) groups is 3. The average molecular weight is 688 g/mol. The first-order valence-electron chi connectivity index (χ1n) is 17.5. The van der Waals surface area contributed by atoms with Crippen LogP contribution in [0.15, 0.2) is 72.5 Å². The Balaban J connectivity index is 1.26. The first kappa shape index (κ1) is 36.8. The molecule has 5 rings (SSSR count). The predicted octanol–water partition coefficient (Wildman–Crippen LogP) is 3.91. The number of hydrogen-bond acceptors (Lipinski definition) is 8. The summed E-state index contributed by atoms with van der Waals surface area (Å²) in [5.41, 5.74) is 1.50. The molecule has 0 aliphatic heterocycles. The van der Waals surface area contributed by atoms with Crippen molar-refractivity contribution in [1.29, 1.82) is 0 Å². The van der Waals surface area contributed by atoms with E-state index in [9.17, 15) is 34.8 Å². The standard InChI is InChI=1S/C39H49N3O8/c1-23(2)34(39(49)42-35-28-17-9-7-14-26(28)20-31(35)44)37(47)36(46)29(19-24-11-4-3-5-12-24)41-38(48)30(21-43)40-33(45)22-50-32-18-10-15-25-13-6-8-16-27(25)32/h6-10,13-18,20,23-24,29-30,34-37,43-44,46-47H,3-5,11-12,19,21-22H2,1-2H3,(H,40,45)(H,41,48)(H,42,49)/t29-,30-,34-,35+,36-,37-/m0/s1. The van der Waals surface area contributed by atoms with Crippen molar-refractivity contribution in [2.75, 3.05) is 13.2 Å². The molecule has 3 amide bonds. The Bertz CT molecular complexity index is 1660. The van der Waals surface area contributed by atoms with Crippen LogP contribution in [-0.4, -0.2) is 75.7 Å². The number of rotatable bonds is 15. The van der Waals surface area contributed by atoms with Crippen LogP contribution in [0.3, 0.4) is 0 Å². The predicted molar refractivity (Wildman–Crippen MR) is 190 cm³/mol. The second kappa shape index (κ2) is 17.0. The molecule has 1 fully saturated rings. The minimum absolute atomic E-state index is 0.0286. The summed E-state index contributed by atoms with van der Waals surface area (Å²) in [5.74, 6) is -2.78. The Morgan fingerprint density at radius 2 is 1.56 bits per heavy atom. The zero-order chi connectivity index (χ0) is 35.8. The van der Waals surface area contributed by atoms with Gasteiger partial charge in [0.05, 0.1) is 24.7 Å². The van der Waals surface area contributed by atoms with Crippen LogP contribution < -0.4 is 20.7 Å². The highest BCUT2D eigenvalue weighted by Gasteiger charge is 2.41. The molecular weight excluding hydrogens is 638 g/mol. The Kier molecular flexibility index (Phi) is 12.5. The molecule has 2 aliphatic rings. The molecule has 0 bridgehead atoms. The molecule has 0 spiro atoms. The van der Waals surface area contributed by atoms with Gasteiger partial charge in [0.15, 0.2) is 6.61 Å². The number of aliphatic hydroxyl groups excluding tert-OH is 4. The summed E-state index contributed by atoms with van der Waals surface area (Å²) >= 11 is 0. The lowest BCUT2D eigenvalue weighted by Gasteiger charge is -2.36. The molecular formula is C39H49N3O8. The van der Waals surface area contributed by atoms with Crippen molar-refractivity contribution in [3.63, 3.8) is 0 Å². The summed E-state index contributed by atoms with van der Waals surface area (Å²) < 4.78 is 5.75. The molecule has 11 heteroatoms. The van der Waals surface area contributed by atoms with E-state index in [-0.39, 0.29) is 11.7 Å². The van der Waals surface area contributed by atoms with Gasteiger partial charge in [-0.3, -0.25) is 14.4 Å². The molecule has 0 aromatic heterocycles. The fourth-order valence-corrected chi connectivity index (χ4v) is 7.24. The van der Waals surface area contributed by atoms with Gasteiger partial charge in [-0.15, -0.1) is 0 Å². The van der Waals surface area contributed by atoms with Gasteiger partial charge >= 0.3 is 0 Å². The van der Waals surface area contributed by atoms with Gasteiger partial charge < -0.3 is 41.1 Å². The summed E-state index contributed by atoms with van der Waals surface area (Å²) in [5, 5.41) is 53.8. The normalized spacial score (nSPS) is 19.1. The van der Waals surface area contributed by atoms with Gasteiger partial charge in [-0.1, -0.05) is 107 Å². The van der Waals surface area contributed by atoms with Gasteiger partial charge in [0.1, 0.15) is 29.7 Å². The van der Waals surface area contributed by atoms with Crippen LogP contribution in [0.5, 0.6) is 5.75 Å². The van der Waals surface area contributed by atoms with Crippen LogP contribution in [-0.2, 0) is 14.4 Å². The van der Waals surface area contributed by atoms with Crippen LogP contribution in [0.2, 0.25) is 0 Å². The molecule has 3 aromatic rings. The molecule has 0 saturated heterocycles. The van der Waals surface area contributed by atoms with Gasteiger partial charge in [0.25, 0.3) is 5.91 Å². The average Bonchev–Trinajstić information content (AvgIpc) is 3.43. The zero-order valence-corrected chi connectivity index (χ0v) is 28.6. The number of benzene rings is 3. The van der Waals surface area contributed by atoms with Crippen LogP contribution in [0.1, 0.15) is 69.5 Å². The van der Waals surface area contributed by atoms with Crippen LogP contribution in [0.4, 0.5) is 0 Å². The van der Waals surface area contributed by atoms with Gasteiger partial charge in [-0.05, 0) is 46.9 Å². The number of carbonyl (C=O) groups excluding carboxylic acids is 3. The van der Waals surface area contributed by atoms with E-state index in [0.717, 1.165) is 54.0 Å². The number of ether oxygens (including phenoxy) is 1. The van der Waals surface area contributed by atoms with E-state index < -0.39 is 73.1 Å². The van der Waals surface area contributed by atoms with Gasteiger partial charge in [0.2, 0.25) is 11.8 Å². The lowest BCUT2D eigenvalue weighted by atomic mass is 9.79. The number of aliphatic hydroxyl groups is 4. The lowest BCUT2D eigenvalue weighted by Crippen LogP contribution is -2.58. The van der Waals surface area contributed by atoms with Crippen molar-refractivity contribution >= 4 is 34.6 Å². The summed E-state index contributed by atoms with van der Waals surface area (Å²) in [6.45, 7) is 2.40. The molecule has 50 heavy (non-hydrogen) atoms. The van der Waals surface area contributed by atoms with Crippen LogP contribution in [0, 0.1) is 17.8 Å². The maximum absolute atomic E-state index is 13.7. The molecule has 3 aromatic carbocycles. The molecule has 6 atom stereocenters. The van der Waals surface area contributed by atoms with Gasteiger partial charge in [-0.25, -0.2) is 0 Å². The second-order valence-electron chi connectivity index (χ2n) is 13.8. The highest BCUT2D eigenvalue weighted by atomic mass is 16.5. The highest BCUT2D eigenvalue weighted by molar-refractivity contribution is 5.90. The third-order valence-electron chi connectivity index (χ3n) is 9.93. The SMILES string of the molecule is CC(C)[C@H](C(=O)N[C@H]1C(O)=Cc2ccccc21)[C@H](O)[C@@H](O)[C@H](CC1CCCCC1)NC(=O)[C@H](CO)NC(=O)COc1cccc2ccccc12. The Hall–Kier alpha value is -4.45. The minimum Gasteiger partial charge on any atom is -0.510 e. The molecule has 0 heterocycles. The fourth-order valence-electron chi connectivity index (χ4n) is 7.24. The summed E-state index contributed by atoms with van der Waals surface area (Å²) in [4.78, 5) is 40.1. The lowest BCUT2D eigenvalue weighted by molar-refractivity contribution is -0.138. The molecule has 0 unspecified atom stereocenters. The molecule has 268 valence electrons. The Labute approximate surface area is 292 Å². The van der Waals surface area contributed by atoms with E-state index >= 15 is 0 Å². The zero-order valence-electron chi connectivity index (χ0n) is 28.6. The number of nitrogens with one attached hydrogen (secondary N) is 3. The molecule has 7 N–H and O–H groups in total. The smallest absolute Gasteiger partial charge is 0.258 e. The number of fused-ring (bicyclic) bond motifs is 2. The first-order valence-corrected chi connectivity index (χ1v) is 17.5. The third kappa shape index (κ3) is 8.82. The van der Waals surface area contributed by atoms with Crippen LogP contribution >= 0.6 is 0 Å². The number of amides is 3. The van der Waals surface area contributed by atoms with Gasteiger partial charge in [-0.2, -0.15) is 0 Å². The quantitative estimate of drug-likeness (QED) is 0.126. The highest BCUT2D eigenvalue weighted by Crippen LogP contribution is 2.34. The van der Waals surface area contributed by atoms with Gasteiger partial charge in [0, 0.05) is 5.39 Å². The van der Waals surface area contributed by atoms with E-state index in [2.05, 4.69) is 16.0 Å². The van der Waals surface area contributed by atoms with Crippen molar-refractivity contribution in [2.45, 2.75) is 82.7 Å². The molecule has 0 radical (unpaired) electrons. The summed E-state index contributed by atoms with van der Waals surface area (Å²) in [7, 11) is 0. The molecule has 2 aliphatic carbocycles. The van der Waals surface area contributed by atoms with E-state index in [1.807, 2.05) is 54.6 Å². The summed E-state index contributed by atoms with van der Waals surface area (Å²) in [6, 6.07) is 17.2. The van der Waals surface area contributed by atoms with E-state index in [1.165, 1.54) is 0 Å². The fraction of sp³-hybridized carbons (Fsp3) is 0.462. The van der Waals surface area contributed by atoms with Crippen molar-refractivity contribution in [3.8, 4) is 5.75 Å². The largest absolute Gasteiger partial charge is 0.510 e. The maximum Gasteiger partial charge on any atom is 0.258 e. The van der Waals surface area contributed by atoms with Crippen molar-refractivity contribution in [2.24, 2.45) is 17.8 Å². The monoisotopic (exact) mass is 687 g/mol. The van der Waals surface area contributed by atoms with E-state index in [1.54, 1.807) is 32.1 Å².